The van der Waals surface area contributed by atoms with E-state index in [9.17, 15) is 4.21 Å². The van der Waals surface area contributed by atoms with E-state index >= 15 is 0 Å². The van der Waals surface area contributed by atoms with Gasteiger partial charge in [0, 0.05) is 13.3 Å². The summed E-state index contributed by atoms with van der Waals surface area (Å²) in [5.74, 6) is 1.12. The molecular formula is C13H20O2S. The molecule has 16 heavy (non-hydrogen) atoms. The fourth-order valence-electron chi connectivity index (χ4n) is 1.57. The lowest BCUT2D eigenvalue weighted by Crippen LogP contribution is -2.03. The fraction of sp³-hybridized carbons (Fsp3) is 0.538. The summed E-state index contributed by atoms with van der Waals surface area (Å²) in [6, 6.07) is 5.27. The van der Waals surface area contributed by atoms with Gasteiger partial charge in [0.15, 0.2) is 0 Å². The van der Waals surface area contributed by atoms with Crippen LogP contribution < -0.4 is 4.74 Å². The van der Waals surface area contributed by atoms with Crippen LogP contribution in [0.1, 0.15) is 29.1 Å². The van der Waals surface area contributed by atoms with Crippen molar-refractivity contribution in [2.24, 2.45) is 5.92 Å². The highest BCUT2D eigenvalue weighted by atomic mass is 32.2. The molecule has 0 spiro atoms. The van der Waals surface area contributed by atoms with Crippen molar-refractivity contribution in [2.75, 3.05) is 12.8 Å². The van der Waals surface area contributed by atoms with Crippen LogP contribution in [0.4, 0.5) is 0 Å². The summed E-state index contributed by atoms with van der Waals surface area (Å²) in [5.41, 5.74) is -0.839. The molecule has 0 aliphatic rings. The van der Waals surface area contributed by atoms with Crippen molar-refractivity contribution < 1.29 is 11.7 Å². The summed E-state index contributed by atoms with van der Waals surface area (Å²) in [6.07, 6.45) is 0.758. The largest absolute Gasteiger partial charge is 0.497 e. The van der Waals surface area contributed by atoms with Gasteiger partial charge >= 0.3 is 0 Å². The minimum atomic E-state index is -1.74. The van der Waals surface area contributed by atoms with E-state index in [1.807, 2.05) is 6.07 Å². The molecule has 0 aromatic heterocycles. The highest BCUT2D eigenvalue weighted by Gasteiger charge is 2.10. The van der Waals surface area contributed by atoms with Gasteiger partial charge in [-0.3, -0.25) is 4.21 Å². The van der Waals surface area contributed by atoms with Gasteiger partial charge in [-0.15, -0.1) is 0 Å². The molecule has 0 amide bonds. The zero-order valence-electron chi connectivity index (χ0n) is 12.2. The van der Waals surface area contributed by atoms with Crippen LogP contribution in [-0.2, 0) is 17.2 Å². The van der Waals surface area contributed by atoms with Crippen molar-refractivity contribution in [3.8, 4) is 5.75 Å². The average Bonchev–Trinajstić information content (AvgIpc) is 2.26. The molecule has 0 radical (unpaired) electrons. The number of hydrogen-bond acceptors (Lipinski definition) is 2. The quantitative estimate of drug-likeness (QED) is 0.741. The summed E-state index contributed by atoms with van der Waals surface area (Å²) in [4.78, 5) is 0.567. The van der Waals surface area contributed by atoms with Gasteiger partial charge in [-0.25, -0.2) is 0 Å². The molecule has 0 saturated carbocycles. The Hall–Kier alpha value is -0.830. The number of ether oxygens (including phenoxy) is 1. The Balaban J connectivity index is 3.21. The van der Waals surface area contributed by atoms with E-state index in [0.29, 0.717) is 16.6 Å². The van der Waals surface area contributed by atoms with Gasteiger partial charge in [0.1, 0.15) is 5.75 Å². The average molecular weight is 241 g/mol. The smallest absolute Gasteiger partial charge is 0.119 e. The minimum Gasteiger partial charge on any atom is -0.497 e. The van der Waals surface area contributed by atoms with Crippen LogP contribution >= 0.6 is 0 Å². The lowest BCUT2D eigenvalue weighted by molar-refractivity contribution is 0.413. The normalized spacial score (nSPS) is 15.6. The Morgan fingerprint density at radius 3 is 2.69 bits per heavy atom. The first kappa shape index (κ1) is 10.3. The molecular weight excluding hydrogens is 221 g/mol. The zero-order chi connectivity index (χ0) is 13.9. The van der Waals surface area contributed by atoms with E-state index in [1.54, 1.807) is 19.2 Å². The molecule has 0 fully saturated rings. The lowest BCUT2D eigenvalue weighted by Gasteiger charge is -2.12. The van der Waals surface area contributed by atoms with Crippen LogP contribution in [0.5, 0.6) is 5.75 Å². The number of hydrogen-bond donors (Lipinski definition) is 0. The topological polar surface area (TPSA) is 26.3 Å². The first-order valence-electron chi connectivity index (χ1n) is 6.34. The minimum absolute atomic E-state index is 0.413. The molecule has 0 saturated heterocycles. The third kappa shape index (κ3) is 3.34. The molecule has 2 nitrogen and oxygen atoms in total. The molecule has 3 heteroatoms. The summed E-state index contributed by atoms with van der Waals surface area (Å²) < 4.78 is 32.5. The van der Waals surface area contributed by atoms with Gasteiger partial charge in [-0.1, -0.05) is 20.8 Å². The first-order valence-corrected chi connectivity index (χ1v) is 6.49. The maximum Gasteiger partial charge on any atom is 0.119 e. The fourth-order valence-corrected chi connectivity index (χ4v) is 2.36. The molecule has 0 aliphatic heterocycles. The lowest BCUT2D eigenvalue weighted by atomic mass is 10.0. The van der Waals surface area contributed by atoms with Crippen molar-refractivity contribution in [1.82, 2.24) is 0 Å². The van der Waals surface area contributed by atoms with E-state index in [1.165, 1.54) is 6.92 Å². The number of rotatable bonds is 5. The van der Waals surface area contributed by atoms with E-state index in [-0.39, 0.29) is 0 Å². The highest BCUT2D eigenvalue weighted by molar-refractivity contribution is 7.85. The molecule has 0 N–H and O–H groups in total. The van der Waals surface area contributed by atoms with Crippen LogP contribution in [0.3, 0.4) is 0 Å². The molecule has 0 aliphatic carbocycles. The summed E-state index contributed by atoms with van der Waals surface area (Å²) >= 11 is 0. The Bertz CT molecular complexity index is 439. The highest BCUT2D eigenvalue weighted by Crippen LogP contribution is 2.23. The first-order chi connectivity index (χ1) is 8.25. The third-order valence-electron chi connectivity index (χ3n) is 2.28. The van der Waals surface area contributed by atoms with E-state index in [2.05, 4.69) is 13.8 Å². The number of benzene rings is 1. The van der Waals surface area contributed by atoms with Gasteiger partial charge in [-0.2, -0.15) is 0 Å². The predicted molar refractivity (Wildman–Crippen MR) is 68.5 cm³/mol. The Morgan fingerprint density at radius 2 is 2.19 bits per heavy atom. The van der Waals surface area contributed by atoms with Crippen LogP contribution in [-0.4, -0.2) is 17.0 Å². The van der Waals surface area contributed by atoms with Crippen molar-refractivity contribution in [3.05, 3.63) is 23.8 Å². The Kier molecular flexibility index (Phi) is 3.90. The van der Waals surface area contributed by atoms with Gasteiger partial charge in [0.25, 0.3) is 0 Å². The second-order valence-corrected chi connectivity index (χ2v) is 5.43. The van der Waals surface area contributed by atoms with Crippen molar-refractivity contribution in [2.45, 2.75) is 32.1 Å². The van der Waals surface area contributed by atoms with Gasteiger partial charge in [0.2, 0.25) is 0 Å². The van der Waals surface area contributed by atoms with E-state index in [0.717, 1.165) is 12.0 Å². The van der Waals surface area contributed by atoms with Gasteiger partial charge in [0.05, 0.1) is 17.9 Å². The van der Waals surface area contributed by atoms with Crippen molar-refractivity contribution >= 4 is 10.8 Å². The second kappa shape index (κ2) is 6.04. The van der Waals surface area contributed by atoms with Crippen LogP contribution in [0, 0.1) is 5.92 Å². The van der Waals surface area contributed by atoms with Crippen LogP contribution in [0.2, 0.25) is 0 Å². The SMILES string of the molecule is [1H][13C]([1H])(C)S(=O)c1ccc(OC)cc1CC(C)C. The van der Waals surface area contributed by atoms with Crippen LogP contribution in [0.15, 0.2) is 23.1 Å². The molecule has 1 aromatic rings. The molecule has 1 atom stereocenters. The molecule has 90 valence electrons. The van der Waals surface area contributed by atoms with E-state index < -0.39 is 16.5 Å². The van der Waals surface area contributed by atoms with Crippen molar-refractivity contribution in [3.63, 3.8) is 0 Å². The summed E-state index contributed by atoms with van der Waals surface area (Å²) in [5, 5.41) is 0. The standard InChI is InChI=1S/C13H20O2S/c1-5-16(14)13-7-6-12(15-4)9-11(13)8-10(2)3/h6-7,9-10H,5,8H2,1-4H3/i5+1H2. The van der Waals surface area contributed by atoms with E-state index in [4.69, 9.17) is 7.48 Å². The predicted octanol–water partition coefficient (Wildman–Crippen LogP) is 3.02. The molecule has 1 rings (SSSR count). The summed E-state index contributed by atoms with van der Waals surface area (Å²) in [6.45, 7) is 5.49. The molecule has 1 aromatic carbocycles. The van der Waals surface area contributed by atoms with Crippen molar-refractivity contribution in [1.29, 1.82) is 0 Å². The third-order valence-corrected chi connectivity index (χ3v) is 3.45. The molecule has 1 unspecified atom stereocenters. The monoisotopic (exact) mass is 241 g/mol. The van der Waals surface area contributed by atoms with Crippen LogP contribution in [0.25, 0.3) is 0 Å². The maximum absolute atomic E-state index is 12.2. The Morgan fingerprint density at radius 1 is 1.50 bits per heavy atom. The summed E-state index contributed by atoms with van der Waals surface area (Å²) in [7, 11) is -0.0736. The van der Waals surface area contributed by atoms with Gasteiger partial charge in [-0.05, 0) is 36.1 Å². The maximum atomic E-state index is 12.2. The Labute approximate surface area is 103 Å². The van der Waals surface area contributed by atoms with Gasteiger partial charge < -0.3 is 4.74 Å². The molecule has 0 bridgehead atoms. The molecule has 0 heterocycles. The number of methoxy groups -OCH3 is 1. The zero-order valence-corrected chi connectivity index (χ0v) is 11.1. The second-order valence-electron chi connectivity index (χ2n) is 4.04.